The summed E-state index contributed by atoms with van der Waals surface area (Å²) in [5.41, 5.74) is -0.987. The molecule has 5 nitrogen and oxygen atoms in total. The molecule has 1 saturated heterocycles. The third-order valence-electron chi connectivity index (χ3n) is 5.47. The summed E-state index contributed by atoms with van der Waals surface area (Å²) in [6.45, 7) is 0.780. The number of carboxylic acids is 1. The van der Waals surface area contributed by atoms with E-state index >= 15 is 0 Å². The molecule has 0 aromatic heterocycles. The van der Waals surface area contributed by atoms with Crippen LogP contribution in [0.15, 0.2) is 0 Å². The van der Waals surface area contributed by atoms with Crippen LogP contribution in [0.2, 0.25) is 0 Å². The molecule has 2 amide bonds. The molecule has 0 aromatic rings. The van der Waals surface area contributed by atoms with E-state index in [1.807, 2.05) is 4.90 Å². The van der Waals surface area contributed by atoms with Crippen molar-refractivity contribution in [3.63, 3.8) is 0 Å². The minimum atomic E-state index is -0.987. The van der Waals surface area contributed by atoms with Crippen molar-refractivity contribution in [1.29, 1.82) is 0 Å². The van der Waals surface area contributed by atoms with Crippen molar-refractivity contribution in [2.45, 2.75) is 69.4 Å². The van der Waals surface area contributed by atoms with E-state index in [4.69, 9.17) is 0 Å². The SMILES string of the molecule is O=C(NC1(C(=O)O)CCC1)N1CCC[C@H]2CCCC[C@H]21. The van der Waals surface area contributed by atoms with Crippen LogP contribution in [0.4, 0.5) is 4.79 Å². The van der Waals surface area contributed by atoms with Gasteiger partial charge in [0.1, 0.15) is 5.54 Å². The van der Waals surface area contributed by atoms with Crippen molar-refractivity contribution in [3.05, 3.63) is 0 Å². The summed E-state index contributed by atoms with van der Waals surface area (Å²) in [6.07, 6.45) is 9.05. The molecule has 0 aromatic carbocycles. The van der Waals surface area contributed by atoms with Gasteiger partial charge in [0, 0.05) is 12.6 Å². The van der Waals surface area contributed by atoms with Crippen LogP contribution >= 0.6 is 0 Å². The van der Waals surface area contributed by atoms with Gasteiger partial charge in [0.15, 0.2) is 0 Å². The summed E-state index contributed by atoms with van der Waals surface area (Å²) in [5.74, 6) is -0.250. The average molecular weight is 280 g/mol. The molecule has 3 aliphatic rings. The monoisotopic (exact) mass is 280 g/mol. The summed E-state index contributed by atoms with van der Waals surface area (Å²) in [5, 5.41) is 12.1. The first-order valence-electron chi connectivity index (χ1n) is 7.95. The van der Waals surface area contributed by atoms with Crippen molar-refractivity contribution in [1.82, 2.24) is 10.2 Å². The first kappa shape index (κ1) is 13.7. The zero-order chi connectivity index (χ0) is 14.2. The molecule has 20 heavy (non-hydrogen) atoms. The van der Waals surface area contributed by atoms with Crippen LogP contribution < -0.4 is 5.32 Å². The fourth-order valence-electron chi connectivity index (χ4n) is 4.08. The molecule has 2 aliphatic carbocycles. The summed E-state index contributed by atoms with van der Waals surface area (Å²) in [4.78, 5) is 25.8. The Morgan fingerprint density at radius 2 is 1.75 bits per heavy atom. The molecule has 2 saturated carbocycles. The second kappa shape index (κ2) is 5.26. The predicted octanol–water partition coefficient (Wildman–Crippen LogP) is 2.36. The number of aliphatic carboxylic acids is 1. The summed E-state index contributed by atoms with van der Waals surface area (Å²) in [6, 6.07) is 0.187. The molecule has 112 valence electrons. The van der Waals surface area contributed by atoms with Gasteiger partial charge in [0.05, 0.1) is 0 Å². The Hall–Kier alpha value is -1.26. The second-order valence-electron chi connectivity index (χ2n) is 6.62. The molecular formula is C15H24N2O3. The van der Waals surface area contributed by atoms with E-state index in [1.54, 1.807) is 0 Å². The Kier molecular flexibility index (Phi) is 3.61. The number of rotatable bonds is 2. The van der Waals surface area contributed by atoms with Crippen LogP contribution in [0, 0.1) is 5.92 Å². The van der Waals surface area contributed by atoms with Crippen molar-refractivity contribution < 1.29 is 14.7 Å². The van der Waals surface area contributed by atoms with E-state index in [9.17, 15) is 14.7 Å². The molecule has 0 bridgehead atoms. The first-order chi connectivity index (χ1) is 9.62. The van der Waals surface area contributed by atoms with E-state index in [1.165, 1.54) is 25.7 Å². The van der Waals surface area contributed by atoms with Crippen molar-refractivity contribution >= 4 is 12.0 Å². The lowest BCUT2D eigenvalue weighted by Gasteiger charge is -2.46. The van der Waals surface area contributed by atoms with Gasteiger partial charge >= 0.3 is 12.0 Å². The van der Waals surface area contributed by atoms with Gasteiger partial charge in [0.25, 0.3) is 0 Å². The summed E-state index contributed by atoms with van der Waals surface area (Å²) >= 11 is 0. The number of likely N-dealkylation sites (tertiary alicyclic amines) is 1. The van der Waals surface area contributed by atoms with Crippen molar-refractivity contribution in [3.8, 4) is 0 Å². The van der Waals surface area contributed by atoms with Gasteiger partial charge in [-0.25, -0.2) is 9.59 Å². The minimum absolute atomic E-state index is 0.149. The second-order valence-corrected chi connectivity index (χ2v) is 6.62. The Balaban J connectivity index is 1.68. The summed E-state index contributed by atoms with van der Waals surface area (Å²) in [7, 11) is 0. The molecule has 1 heterocycles. The Labute approximate surface area is 119 Å². The molecule has 0 radical (unpaired) electrons. The number of amides is 2. The van der Waals surface area contributed by atoms with Crippen molar-refractivity contribution in [2.75, 3.05) is 6.54 Å². The molecule has 0 unspecified atom stereocenters. The van der Waals surface area contributed by atoms with Crippen LogP contribution in [0.3, 0.4) is 0 Å². The number of hydrogen-bond acceptors (Lipinski definition) is 2. The lowest BCUT2D eigenvalue weighted by atomic mass is 9.76. The van der Waals surface area contributed by atoms with Crippen LogP contribution in [-0.2, 0) is 4.79 Å². The zero-order valence-electron chi connectivity index (χ0n) is 11.9. The largest absolute Gasteiger partial charge is 0.480 e. The van der Waals surface area contributed by atoms with Gasteiger partial charge in [-0.2, -0.15) is 0 Å². The normalized spacial score (nSPS) is 31.9. The van der Waals surface area contributed by atoms with Crippen LogP contribution in [0.1, 0.15) is 57.8 Å². The molecule has 3 fully saturated rings. The van der Waals surface area contributed by atoms with Crippen LogP contribution in [0.5, 0.6) is 0 Å². The number of piperidine rings is 1. The zero-order valence-corrected chi connectivity index (χ0v) is 11.9. The number of carbonyl (C=O) groups excluding carboxylic acids is 1. The number of urea groups is 1. The third kappa shape index (κ3) is 2.27. The Morgan fingerprint density at radius 3 is 2.40 bits per heavy atom. The highest BCUT2D eigenvalue weighted by atomic mass is 16.4. The molecule has 2 atom stereocenters. The quantitative estimate of drug-likeness (QED) is 0.815. The van der Waals surface area contributed by atoms with E-state index < -0.39 is 11.5 Å². The predicted molar refractivity (Wildman–Crippen MR) is 74.4 cm³/mol. The van der Waals surface area contributed by atoms with Gasteiger partial charge in [-0.1, -0.05) is 12.8 Å². The maximum absolute atomic E-state index is 12.5. The number of fused-ring (bicyclic) bond motifs is 1. The Morgan fingerprint density at radius 1 is 1.05 bits per heavy atom. The van der Waals surface area contributed by atoms with Crippen molar-refractivity contribution in [2.24, 2.45) is 5.92 Å². The smallest absolute Gasteiger partial charge is 0.329 e. The fraction of sp³-hybridized carbons (Fsp3) is 0.867. The number of hydrogen-bond donors (Lipinski definition) is 2. The van der Waals surface area contributed by atoms with Gasteiger partial charge in [-0.15, -0.1) is 0 Å². The fourth-order valence-corrected chi connectivity index (χ4v) is 4.08. The molecule has 0 spiro atoms. The number of nitrogens with zero attached hydrogens (tertiary/aromatic N) is 1. The summed E-state index contributed by atoms with van der Waals surface area (Å²) < 4.78 is 0. The number of carboxylic acid groups (broad SMARTS) is 1. The lowest BCUT2D eigenvalue weighted by molar-refractivity contribution is -0.148. The molecule has 2 N–H and O–H groups in total. The standard InChI is InChI=1S/C15H24N2O3/c18-13(19)15(8-4-9-15)16-14(20)17-10-3-6-11-5-1-2-7-12(11)17/h11-12H,1-10H2,(H,16,20)(H,18,19)/t11-,12-/m1/s1. The first-order valence-corrected chi connectivity index (χ1v) is 7.95. The maximum Gasteiger partial charge on any atom is 0.329 e. The van der Waals surface area contributed by atoms with Gasteiger partial charge in [-0.05, 0) is 50.9 Å². The van der Waals surface area contributed by atoms with E-state index in [0.29, 0.717) is 24.8 Å². The van der Waals surface area contributed by atoms with E-state index in [-0.39, 0.29) is 6.03 Å². The highest BCUT2D eigenvalue weighted by molar-refractivity contribution is 5.87. The Bertz CT molecular complexity index is 404. The van der Waals surface area contributed by atoms with Gasteiger partial charge in [0.2, 0.25) is 0 Å². The topological polar surface area (TPSA) is 69.6 Å². The number of carbonyl (C=O) groups is 2. The molecule has 5 heteroatoms. The average Bonchev–Trinajstić information content (AvgIpc) is 2.41. The van der Waals surface area contributed by atoms with E-state index in [2.05, 4.69) is 5.32 Å². The van der Waals surface area contributed by atoms with Crippen LogP contribution in [-0.4, -0.2) is 40.1 Å². The van der Waals surface area contributed by atoms with Gasteiger partial charge in [-0.3, -0.25) is 0 Å². The number of nitrogens with one attached hydrogen (secondary N) is 1. The highest BCUT2D eigenvalue weighted by Gasteiger charge is 2.47. The molecule has 1 aliphatic heterocycles. The van der Waals surface area contributed by atoms with Gasteiger partial charge < -0.3 is 15.3 Å². The van der Waals surface area contributed by atoms with Crippen LogP contribution in [0.25, 0.3) is 0 Å². The lowest BCUT2D eigenvalue weighted by Crippen LogP contribution is -2.64. The minimum Gasteiger partial charge on any atom is -0.480 e. The maximum atomic E-state index is 12.5. The third-order valence-corrected chi connectivity index (χ3v) is 5.47. The molecule has 3 rings (SSSR count). The van der Waals surface area contributed by atoms with E-state index in [0.717, 1.165) is 25.8 Å². The highest BCUT2D eigenvalue weighted by Crippen LogP contribution is 2.36. The molecular weight excluding hydrogens is 256 g/mol.